The molecule has 28 heavy (non-hydrogen) atoms. The Morgan fingerprint density at radius 3 is 2.32 bits per heavy atom. The average molecular weight is 372 g/mol. The number of nitriles is 1. The molecule has 0 atom stereocenters. The minimum absolute atomic E-state index is 0.0715. The lowest BCUT2D eigenvalue weighted by atomic mass is 10.0. The summed E-state index contributed by atoms with van der Waals surface area (Å²) in [6.45, 7) is 3.72. The Morgan fingerprint density at radius 2 is 1.71 bits per heavy atom. The van der Waals surface area contributed by atoms with E-state index in [-0.39, 0.29) is 11.1 Å². The Balaban J connectivity index is 1.95. The van der Waals surface area contributed by atoms with Crippen molar-refractivity contribution < 1.29 is 4.79 Å². The number of aryl methyl sites for hydroxylation is 1. The number of carbonyl (C=O) groups excluding carboxylic acids is 1. The van der Waals surface area contributed by atoms with Crippen molar-refractivity contribution >= 4 is 11.5 Å². The Bertz CT molecular complexity index is 1140. The molecule has 0 spiro atoms. The number of para-hydroxylation sites is 1. The maximum atomic E-state index is 12.9. The van der Waals surface area contributed by atoms with Crippen LogP contribution in [0.5, 0.6) is 0 Å². The van der Waals surface area contributed by atoms with E-state index in [1.54, 1.807) is 30.8 Å². The van der Waals surface area contributed by atoms with Crippen LogP contribution in [-0.4, -0.2) is 15.1 Å². The number of benzene rings is 2. The van der Waals surface area contributed by atoms with Gasteiger partial charge in [0, 0.05) is 18.8 Å². The van der Waals surface area contributed by atoms with E-state index in [9.17, 15) is 14.9 Å². The highest BCUT2D eigenvalue weighted by atomic mass is 16.1. The second-order valence-electron chi connectivity index (χ2n) is 6.45. The first-order chi connectivity index (χ1) is 13.4. The van der Waals surface area contributed by atoms with Crippen LogP contribution >= 0.6 is 0 Å². The minimum atomic E-state index is -0.396. The summed E-state index contributed by atoms with van der Waals surface area (Å²) in [4.78, 5) is 25.4. The first kappa shape index (κ1) is 18.9. The topological polar surface area (TPSA) is 79.8 Å². The van der Waals surface area contributed by atoms with E-state index in [1.807, 2.05) is 55.5 Å². The van der Waals surface area contributed by atoms with Crippen molar-refractivity contribution in [1.82, 2.24) is 9.36 Å². The van der Waals surface area contributed by atoms with Crippen molar-refractivity contribution in [3.63, 3.8) is 0 Å². The summed E-state index contributed by atoms with van der Waals surface area (Å²) < 4.78 is 3.25. The number of anilines is 1. The molecule has 0 saturated carbocycles. The molecule has 6 heteroatoms. The van der Waals surface area contributed by atoms with Gasteiger partial charge in [-0.15, -0.1) is 0 Å². The number of Topliss-reactive ketones (excluding diaryl/α,β-unsaturated/α-hetero) is 1. The van der Waals surface area contributed by atoms with Gasteiger partial charge in [0.15, 0.2) is 0 Å². The maximum Gasteiger partial charge on any atom is 0.295 e. The molecule has 2 aromatic carbocycles. The molecule has 1 heterocycles. The van der Waals surface area contributed by atoms with E-state index in [0.29, 0.717) is 16.9 Å². The standard InChI is InChI=1S/C22H20N4O2/c1-15-9-11-17(12-10-15)21(27)18(13-23)14-24-20-16(2)25(3)26(22(20)28)19-7-5-4-6-8-19/h4-12,14,24H,1-3H3/b18-14+. The van der Waals surface area contributed by atoms with E-state index < -0.39 is 5.78 Å². The molecule has 1 N–H and O–H groups in total. The number of hydrogen-bond acceptors (Lipinski definition) is 4. The summed E-state index contributed by atoms with van der Waals surface area (Å²) in [7, 11) is 1.78. The third kappa shape index (κ3) is 3.51. The van der Waals surface area contributed by atoms with Crippen LogP contribution in [-0.2, 0) is 7.05 Å². The third-order valence-electron chi connectivity index (χ3n) is 4.59. The molecule has 3 aromatic rings. The number of nitrogens with one attached hydrogen (secondary N) is 1. The van der Waals surface area contributed by atoms with Gasteiger partial charge in [0.2, 0.25) is 5.78 Å². The zero-order valence-corrected chi connectivity index (χ0v) is 15.9. The number of ketones is 1. The van der Waals surface area contributed by atoms with Crippen LogP contribution in [0.3, 0.4) is 0 Å². The lowest BCUT2D eigenvalue weighted by Crippen LogP contribution is -2.20. The molecule has 0 bridgehead atoms. The SMILES string of the molecule is Cc1ccc(C(=O)/C(C#N)=C/Nc2c(C)n(C)n(-c3ccccc3)c2=O)cc1. The fourth-order valence-corrected chi connectivity index (χ4v) is 2.89. The van der Waals surface area contributed by atoms with Crippen molar-refractivity contribution in [3.8, 4) is 11.8 Å². The van der Waals surface area contributed by atoms with Crippen LogP contribution in [0.4, 0.5) is 5.69 Å². The first-order valence-electron chi connectivity index (χ1n) is 8.76. The van der Waals surface area contributed by atoms with Crippen LogP contribution < -0.4 is 10.9 Å². The Hall–Kier alpha value is -3.85. The van der Waals surface area contributed by atoms with Gasteiger partial charge < -0.3 is 5.32 Å². The van der Waals surface area contributed by atoms with Gasteiger partial charge in [0.25, 0.3) is 5.56 Å². The van der Waals surface area contributed by atoms with Crippen molar-refractivity contribution in [1.29, 1.82) is 5.26 Å². The Kier molecular flexibility index (Phi) is 5.28. The average Bonchev–Trinajstić information content (AvgIpc) is 2.92. The number of carbonyl (C=O) groups is 1. The summed E-state index contributed by atoms with van der Waals surface area (Å²) >= 11 is 0. The molecule has 140 valence electrons. The second-order valence-corrected chi connectivity index (χ2v) is 6.45. The van der Waals surface area contributed by atoms with Gasteiger partial charge in [-0.2, -0.15) is 5.26 Å². The highest BCUT2D eigenvalue weighted by molar-refractivity contribution is 6.11. The first-order valence-corrected chi connectivity index (χ1v) is 8.76. The van der Waals surface area contributed by atoms with Gasteiger partial charge in [-0.05, 0) is 26.0 Å². The lowest BCUT2D eigenvalue weighted by Gasteiger charge is -2.07. The van der Waals surface area contributed by atoms with Gasteiger partial charge in [-0.1, -0.05) is 48.0 Å². The molecule has 0 fully saturated rings. The number of allylic oxidation sites excluding steroid dienone is 1. The molecule has 0 unspecified atom stereocenters. The molecule has 1 aromatic heterocycles. The van der Waals surface area contributed by atoms with Crippen LogP contribution in [0, 0.1) is 25.2 Å². The molecule has 0 aliphatic rings. The molecule has 6 nitrogen and oxygen atoms in total. The van der Waals surface area contributed by atoms with E-state index in [4.69, 9.17) is 0 Å². The predicted octanol–water partition coefficient (Wildman–Crippen LogP) is 3.50. The molecule has 0 amide bonds. The molecule has 0 saturated heterocycles. The van der Waals surface area contributed by atoms with Gasteiger partial charge >= 0.3 is 0 Å². The molecule has 0 radical (unpaired) electrons. The van der Waals surface area contributed by atoms with Crippen molar-refractivity contribution in [2.45, 2.75) is 13.8 Å². The molecular weight excluding hydrogens is 352 g/mol. The van der Waals surface area contributed by atoms with Gasteiger partial charge in [0.1, 0.15) is 17.3 Å². The highest BCUT2D eigenvalue weighted by Gasteiger charge is 2.17. The Labute approximate surface area is 162 Å². The predicted molar refractivity (Wildman–Crippen MR) is 109 cm³/mol. The summed E-state index contributed by atoms with van der Waals surface area (Å²) in [5.74, 6) is -0.396. The highest BCUT2D eigenvalue weighted by Crippen LogP contribution is 2.15. The number of nitrogens with zero attached hydrogens (tertiary/aromatic N) is 3. The van der Waals surface area contributed by atoms with Crippen molar-refractivity contribution in [2.75, 3.05) is 5.32 Å². The third-order valence-corrected chi connectivity index (χ3v) is 4.59. The van der Waals surface area contributed by atoms with E-state index in [1.165, 1.54) is 10.9 Å². The summed E-state index contributed by atoms with van der Waals surface area (Å²) in [5.41, 5.74) is 2.85. The molecule has 3 rings (SSSR count). The normalized spacial score (nSPS) is 11.1. The molecule has 0 aliphatic heterocycles. The smallest absolute Gasteiger partial charge is 0.295 e. The molecular formula is C22H20N4O2. The number of hydrogen-bond donors (Lipinski definition) is 1. The van der Waals surface area contributed by atoms with Crippen LogP contribution in [0.25, 0.3) is 5.69 Å². The van der Waals surface area contributed by atoms with Gasteiger partial charge in [0.05, 0.1) is 11.4 Å². The zero-order valence-electron chi connectivity index (χ0n) is 15.9. The fraction of sp³-hybridized carbons (Fsp3) is 0.136. The number of aromatic nitrogens is 2. The van der Waals surface area contributed by atoms with Crippen molar-refractivity contribution in [3.05, 3.63) is 93.5 Å². The fourth-order valence-electron chi connectivity index (χ4n) is 2.89. The number of rotatable bonds is 5. The van der Waals surface area contributed by atoms with Crippen LogP contribution in [0.15, 0.2) is 71.2 Å². The van der Waals surface area contributed by atoms with Crippen molar-refractivity contribution in [2.24, 2.45) is 7.05 Å². The summed E-state index contributed by atoms with van der Waals surface area (Å²) in [5, 5.41) is 12.3. The minimum Gasteiger partial charge on any atom is -0.354 e. The Morgan fingerprint density at radius 1 is 1.07 bits per heavy atom. The largest absolute Gasteiger partial charge is 0.354 e. The van der Waals surface area contributed by atoms with E-state index >= 15 is 0 Å². The van der Waals surface area contributed by atoms with Gasteiger partial charge in [-0.25, -0.2) is 4.68 Å². The quantitative estimate of drug-likeness (QED) is 0.422. The van der Waals surface area contributed by atoms with E-state index in [2.05, 4.69) is 5.32 Å². The van der Waals surface area contributed by atoms with Crippen LogP contribution in [0.1, 0.15) is 21.6 Å². The summed E-state index contributed by atoms with van der Waals surface area (Å²) in [6, 6.07) is 18.2. The maximum absolute atomic E-state index is 12.9. The lowest BCUT2D eigenvalue weighted by molar-refractivity contribution is 0.103. The van der Waals surface area contributed by atoms with E-state index in [0.717, 1.165) is 11.3 Å². The van der Waals surface area contributed by atoms with Gasteiger partial charge in [-0.3, -0.25) is 14.3 Å². The summed E-state index contributed by atoms with van der Waals surface area (Å²) in [6.07, 6.45) is 1.29. The zero-order chi connectivity index (χ0) is 20.3. The van der Waals surface area contributed by atoms with Crippen LogP contribution in [0.2, 0.25) is 0 Å². The second kappa shape index (κ2) is 7.80. The monoisotopic (exact) mass is 372 g/mol. The molecule has 0 aliphatic carbocycles.